The van der Waals surface area contributed by atoms with Crippen molar-refractivity contribution in [2.45, 2.75) is 25.3 Å². The third-order valence-electron chi connectivity index (χ3n) is 4.49. The van der Waals surface area contributed by atoms with Crippen molar-refractivity contribution in [2.24, 2.45) is 5.92 Å². The van der Waals surface area contributed by atoms with Crippen LogP contribution in [-0.2, 0) is 0 Å². The number of amides is 1. The van der Waals surface area contributed by atoms with Gasteiger partial charge in [0.25, 0.3) is 5.91 Å². The highest BCUT2D eigenvalue weighted by molar-refractivity contribution is 6.06. The van der Waals surface area contributed by atoms with E-state index in [2.05, 4.69) is 9.88 Å². The fourth-order valence-electron chi connectivity index (χ4n) is 3.58. The first-order valence-electron chi connectivity index (χ1n) is 6.70. The number of carbonyl (C=O) groups is 1. The van der Waals surface area contributed by atoms with Gasteiger partial charge < -0.3 is 9.88 Å². The van der Waals surface area contributed by atoms with E-state index in [-0.39, 0.29) is 5.91 Å². The summed E-state index contributed by atoms with van der Waals surface area (Å²) in [5, 5.41) is 1.05. The topological polar surface area (TPSA) is 36.1 Å². The summed E-state index contributed by atoms with van der Waals surface area (Å²) in [4.78, 5) is 17.9. The van der Waals surface area contributed by atoms with Gasteiger partial charge in [0.2, 0.25) is 0 Å². The van der Waals surface area contributed by atoms with Crippen LogP contribution in [0.15, 0.2) is 30.5 Å². The Kier molecular flexibility index (Phi) is 2.04. The van der Waals surface area contributed by atoms with Crippen LogP contribution in [-0.4, -0.2) is 28.4 Å². The smallest absolute Gasteiger partial charge is 0.256 e. The number of fused-ring (bicyclic) bond motifs is 3. The number of H-pyrrole nitrogens is 1. The predicted molar refractivity (Wildman–Crippen MR) is 70.5 cm³/mol. The lowest BCUT2D eigenvalue weighted by atomic mass is 10.1. The zero-order valence-corrected chi connectivity index (χ0v) is 10.2. The van der Waals surface area contributed by atoms with E-state index in [1.54, 1.807) is 0 Å². The Morgan fingerprint density at radius 2 is 2.17 bits per heavy atom. The normalized spacial score (nSPS) is 26.1. The van der Waals surface area contributed by atoms with Gasteiger partial charge in [-0.3, -0.25) is 4.79 Å². The average molecular weight is 240 g/mol. The molecule has 18 heavy (non-hydrogen) atoms. The van der Waals surface area contributed by atoms with Crippen LogP contribution >= 0.6 is 0 Å². The third-order valence-corrected chi connectivity index (χ3v) is 4.49. The number of aromatic nitrogens is 1. The highest BCUT2D eigenvalue weighted by atomic mass is 16.2. The second-order valence-electron chi connectivity index (χ2n) is 5.54. The summed E-state index contributed by atoms with van der Waals surface area (Å²) in [5.41, 5.74) is 1.88. The Balaban J connectivity index is 1.72. The van der Waals surface area contributed by atoms with Gasteiger partial charge in [-0.2, -0.15) is 0 Å². The molecule has 1 aromatic carbocycles. The number of hydrogen-bond donors (Lipinski definition) is 1. The van der Waals surface area contributed by atoms with Gasteiger partial charge in [0.15, 0.2) is 0 Å². The van der Waals surface area contributed by atoms with Crippen LogP contribution in [0.3, 0.4) is 0 Å². The van der Waals surface area contributed by atoms with E-state index < -0.39 is 0 Å². The third kappa shape index (κ3) is 1.33. The van der Waals surface area contributed by atoms with Crippen molar-refractivity contribution in [1.29, 1.82) is 0 Å². The number of para-hydroxylation sites is 1. The molecule has 92 valence electrons. The fourth-order valence-corrected chi connectivity index (χ4v) is 3.58. The Morgan fingerprint density at radius 3 is 2.94 bits per heavy atom. The molecule has 1 N–H and O–H groups in total. The average Bonchev–Trinajstić information content (AvgIpc) is 3.12. The first-order valence-corrected chi connectivity index (χ1v) is 6.70. The molecule has 2 atom stereocenters. The molecule has 3 heteroatoms. The van der Waals surface area contributed by atoms with Crippen molar-refractivity contribution < 1.29 is 4.79 Å². The lowest BCUT2D eigenvalue weighted by Crippen LogP contribution is -2.37. The maximum atomic E-state index is 12.6. The molecule has 2 fully saturated rings. The number of rotatable bonds is 1. The number of aromatic amines is 1. The zero-order valence-electron chi connectivity index (χ0n) is 10.2. The molecule has 3 nitrogen and oxygen atoms in total. The van der Waals surface area contributed by atoms with Gasteiger partial charge >= 0.3 is 0 Å². The maximum absolute atomic E-state index is 12.6. The Morgan fingerprint density at radius 1 is 1.28 bits per heavy atom. The van der Waals surface area contributed by atoms with Gasteiger partial charge in [-0.05, 0) is 31.2 Å². The largest absolute Gasteiger partial charge is 0.360 e. The first-order chi connectivity index (χ1) is 8.83. The van der Waals surface area contributed by atoms with Crippen molar-refractivity contribution in [3.8, 4) is 0 Å². The summed E-state index contributed by atoms with van der Waals surface area (Å²) in [6, 6.07) is 8.51. The minimum atomic E-state index is 0.208. The Hall–Kier alpha value is -1.77. The van der Waals surface area contributed by atoms with Crippen LogP contribution in [0.25, 0.3) is 10.9 Å². The molecular weight excluding hydrogens is 224 g/mol. The molecule has 2 bridgehead atoms. The molecule has 2 unspecified atom stereocenters. The molecular formula is C15H16N2O. The molecule has 1 amide bonds. The molecule has 2 heterocycles. The van der Waals surface area contributed by atoms with Crippen molar-refractivity contribution in [2.75, 3.05) is 6.54 Å². The van der Waals surface area contributed by atoms with Crippen LogP contribution in [0.2, 0.25) is 0 Å². The number of piperidine rings is 1. The summed E-state index contributed by atoms with van der Waals surface area (Å²) in [7, 11) is 0. The van der Waals surface area contributed by atoms with Crippen LogP contribution in [0.5, 0.6) is 0 Å². The molecule has 1 saturated carbocycles. The summed E-state index contributed by atoms with van der Waals surface area (Å²) < 4.78 is 0. The number of likely N-dealkylation sites (tertiary alicyclic amines) is 1. The van der Waals surface area contributed by atoms with E-state index in [9.17, 15) is 4.79 Å². The molecule has 1 aliphatic carbocycles. The van der Waals surface area contributed by atoms with E-state index in [0.29, 0.717) is 6.04 Å². The molecule has 1 saturated heterocycles. The minimum Gasteiger partial charge on any atom is -0.360 e. The van der Waals surface area contributed by atoms with E-state index >= 15 is 0 Å². The predicted octanol–water partition coefficient (Wildman–Crippen LogP) is 2.79. The van der Waals surface area contributed by atoms with E-state index in [4.69, 9.17) is 0 Å². The highest BCUT2D eigenvalue weighted by Crippen LogP contribution is 2.38. The molecule has 0 radical (unpaired) electrons. The standard InChI is InChI=1S/C15H16N2O/c18-15(17-9-10-5-6-11(17)7-10)13-8-16-14-4-2-1-3-12(13)14/h1-4,8,10-11,16H,5-7,9H2. The first kappa shape index (κ1) is 10.2. The quantitative estimate of drug-likeness (QED) is 0.817. The Bertz CT molecular complexity index is 616. The molecule has 2 aliphatic rings. The van der Waals surface area contributed by atoms with Gasteiger partial charge in [-0.15, -0.1) is 0 Å². The van der Waals surface area contributed by atoms with Gasteiger partial charge in [-0.25, -0.2) is 0 Å². The molecule has 0 spiro atoms. The van der Waals surface area contributed by atoms with Crippen LogP contribution in [0.4, 0.5) is 0 Å². The summed E-state index contributed by atoms with van der Waals surface area (Å²) in [6.45, 7) is 0.961. The summed E-state index contributed by atoms with van der Waals surface area (Å²) >= 11 is 0. The zero-order chi connectivity index (χ0) is 12.1. The van der Waals surface area contributed by atoms with Crippen LogP contribution in [0, 0.1) is 5.92 Å². The van der Waals surface area contributed by atoms with Crippen molar-refractivity contribution >= 4 is 16.8 Å². The molecule has 1 aliphatic heterocycles. The molecule has 1 aromatic heterocycles. The van der Waals surface area contributed by atoms with Crippen molar-refractivity contribution in [3.63, 3.8) is 0 Å². The van der Waals surface area contributed by atoms with Gasteiger partial charge in [0.1, 0.15) is 0 Å². The monoisotopic (exact) mass is 240 g/mol. The van der Waals surface area contributed by atoms with Crippen LogP contribution in [0.1, 0.15) is 29.6 Å². The second kappa shape index (κ2) is 3.61. The highest BCUT2D eigenvalue weighted by Gasteiger charge is 2.40. The summed E-state index contributed by atoms with van der Waals surface area (Å²) in [5.74, 6) is 0.962. The van der Waals surface area contributed by atoms with E-state index in [1.165, 1.54) is 19.3 Å². The lowest BCUT2D eigenvalue weighted by molar-refractivity contribution is 0.0705. The van der Waals surface area contributed by atoms with Crippen molar-refractivity contribution in [1.82, 2.24) is 9.88 Å². The van der Waals surface area contributed by atoms with E-state index in [1.807, 2.05) is 30.5 Å². The number of hydrogen-bond acceptors (Lipinski definition) is 1. The van der Waals surface area contributed by atoms with Gasteiger partial charge in [-0.1, -0.05) is 18.2 Å². The SMILES string of the molecule is O=C(c1c[nH]c2ccccc12)N1CC2CCC1C2. The molecule has 4 rings (SSSR count). The number of nitrogens with zero attached hydrogens (tertiary/aromatic N) is 1. The van der Waals surface area contributed by atoms with Gasteiger partial charge in [0, 0.05) is 29.7 Å². The lowest BCUT2D eigenvalue weighted by Gasteiger charge is -2.26. The van der Waals surface area contributed by atoms with Crippen LogP contribution < -0.4 is 0 Å². The van der Waals surface area contributed by atoms with Crippen molar-refractivity contribution in [3.05, 3.63) is 36.0 Å². The number of nitrogens with one attached hydrogen (secondary N) is 1. The number of benzene rings is 1. The fraction of sp³-hybridized carbons (Fsp3) is 0.400. The Labute approximate surface area is 106 Å². The maximum Gasteiger partial charge on any atom is 0.256 e. The molecule has 2 aromatic rings. The second-order valence-corrected chi connectivity index (χ2v) is 5.54. The summed E-state index contributed by atoms with van der Waals surface area (Å²) in [6.07, 6.45) is 5.58. The van der Waals surface area contributed by atoms with E-state index in [0.717, 1.165) is 28.9 Å². The number of carbonyl (C=O) groups excluding carboxylic acids is 1. The minimum absolute atomic E-state index is 0.208. The van der Waals surface area contributed by atoms with Gasteiger partial charge in [0.05, 0.1) is 5.56 Å².